The Morgan fingerprint density at radius 2 is 2.00 bits per heavy atom. The van der Waals surface area contributed by atoms with Gasteiger partial charge in [-0.05, 0) is 32.0 Å². The number of aryl methyl sites for hydroxylation is 1. The lowest BCUT2D eigenvalue weighted by atomic mass is 10.1. The Kier molecular flexibility index (Phi) is 4.08. The first-order valence-electron chi connectivity index (χ1n) is 5.81. The molecule has 0 saturated carbocycles. The molecule has 1 aromatic heterocycles. The molecule has 1 aromatic carbocycles. The van der Waals surface area contributed by atoms with E-state index in [0.717, 1.165) is 6.07 Å². The number of aromatic nitrogens is 1. The number of benzene rings is 1. The molecule has 0 radical (unpaired) electrons. The van der Waals surface area contributed by atoms with E-state index in [-0.39, 0.29) is 15.9 Å². The Morgan fingerprint density at radius 3 is 2.52 bits per heavy atom. The van der Waals surface area contributed by atoms with E-state index in [1.165, 1.54) is 12.1 Å². The third-order valence-electron chi connectivity index (χ3n) is 2.92. The molecule has 4 nitrogen and oxygen atoms in total. The molecule has 1 amide bonds. The third-order valence-corrected chi connectivity index (χ3v) is 3.61. The van der Waals surface area contributed by atoms with Crippen LogP contribution in [0.4, 0.5) is 19.1 Å². The van der Waals surface area contributed by atoms with Gasteiger partial charge in [0, 0.05) is 15.6 Å². The molecule has 0 aliphatic carbocycles. The molecule has 8 heteroatoms. The van der Waals surface area contributed by atoms with Crippen molar-refractivity contribution in [2.75, 3.05) is 5.32 Å². The predicted molar refractivity (Wildman–Crippen MR) is 73.1 cm³/mol. The number of hydrogen-bond acceptors (Lipinski definition) is 3. The molecule has 0 spiro atoms. The third kappa shape index (κ3) is 3.26. The van der Waals surface area contributed by atoms with Crippen molar-refractivity contribution in [2.24, 2.45) is 0 Å². The summed E-state index contributed by atoms with van der Waals surface area (Å²) in [6.45, 7) is 3.38. The van der Waals surface area contributed by atoms with Gasteiger partial charge in [0.05, 0.1) is 11.3 Å². The lowest BCUT2D eigenvalue weighted by molar-refractivity contribution is -0.138. The largest absolute Gasteiger partial charge is 0.417 e. The van der Waals surface area contributed by atoms with Crippen LogP contribution in [-0.4, -0.2) is 11.1 Å². The smallest absolute Gasteiger partial charge is 0.338 e. The second-order valence-electron chi connectivity index (χ2n) is 4.37. The van der Waals surface area contributed by atoms with Crippen LogP contribution < -0.4 is 5.32 Å². The zero-order valence-corrected chi connectivity index (χ0v) is 12.6. The molecule has 0 fully saturated rings. The average Bonchev–Trinajstić information content (AvgIpc) is 2.70. The fraction of sp³-hybridized carbons (Fsp3) is 0.231. The van der Waals surface area contributed by atoms with Crippen LogP contribution >= 0.6 is 15.9 Å². The summed E-state index contributed by atoms with van der Waals surface area (Å²) in [4.78, 5) is 12.0. The number of nitrogens with zero attached hydrogens (tertiary/aromatic N) is 1. The summed E-state index contributed by atoms with van der Waals surface area (Å²) in [5.41, 5.74) is 0.174. The fourth-order valence-corrected chi connectivity index (χ4v) is 2.06. The number of nitrogens with one attached hydrogen (secondary N) is 1. The number of carbonyl (C=O) groups excluding carboxylic acids is 1. The van der Waals surface area contributed by atoms with Crippen LogP contribution in [0.2, 0.25) is 0 Å². The van der Waals surface area contributed by atoms with Crippen molar-refractivity contribution in [3.05, 3.63) is 45.1 Å². The van der Waals surface area contributed by atoms with E-state index in [4.69, 9.17) is 4.52 Å². The summed E-state index contributed by atoms with van der Waals surface area (Å²) in [5.74, 6) is -0.582. The Labute approximate surface area is 126 Å². The monoisotopic (exact) mass is 362 g/mol. The molecular weight excluding hydrogens is 353 g/mol. The van der Waals surface area contributed by atoms with Gasteiger partial charge in [-0.3, -0.25) is 10.1 Å². The van der Waals surface area contributed by atoms with Crippen LogP contribution in [0.5, 0.6) is 0 Å². The maximum atomic E-state index is 12.8. The lowest BCUT2D eigenvalue weighted by Gasteiger charge is -2.10. The number of halogens is 4. The van der Waals surface area contributed by atoms with Crippen molar-refractivity contribution >= 4 is 27.7 Å². The standard InChI is InChI=1S/C13H10BrF3N2O2/c1-6-7(2)19-21-12(6)18-11(20)8-3-4-10(14)9(5-8)13(15,16)17/h3-5H,1-2H3,(H,18,20). The first-order valence-corrected chi connectivity index (χ1v) is 6.60. The summed E-state index contributed by atoms with van der Waals surface area (Å²) < 4.78 is 43.2. The van der Waals surface area contributed by atoms with E-state index < -0.39 is 17.6 Å². The molecule has 2 aromatic rings. The highest BCUT2D eigenvalue weighted by atomic mass is 79.9. The average molecular weight is 363 g/mol. The molecule has 0 aliphatic rings. The summed E-state index contributed by atoms with van der Waals surface area (Å²) in [6, 6.07) is 3.24. The quantitative estimate of drug-likeness (QED) is 0.865. The van der Waals surface area contributed by atoms with E-state index in [1.54, 1.807) is 13.8 Å². The molecule has 21 heavy (non-hydrogen) atoms. The lowest BCUT2D eigenvalue weighted by Crippen LogP contribution is -2.14. The predicted octanol–water partition coefficient (Wildman–Crippen LogP) is 4.33. The number of rotatable bonds is 2. The molecule has 0 saturated heterocycles. The molecular formula is C13H10BrF3N2O2. The maximum absolute atomic E-state index is 12.8. The van der Waals surface area contributed by atoms with Crippen LogP contribution in [0, 0.1) is 13.8 Å². The van der Waals surface area contributed by atoms with Gasteiger partial charge in [0.25, 0.3) is 5.91 Å². The van der Waals surface area contributed by atoms with E-state index in [0.29, 0.717) is 11.3 Å². The first-order chi connectivity index (χ1) is 9.70. The minimum Gasteiger partial charge on any atom is -0.338 e. The van der Waals surface area contributed by atoms with E-state index >= 15 is 0 Å². The zero-order valence-electron chi connectivity index (χ0n) is 11.0. The van der Waals surface area contributed by atoms with Crippen molar-refractivity contribution in [1.82, 2.24) is 5.16 Å². The Balaban J connectivity index is 2.30. The molecule has 112 valence electrons. The van der Waals surface area contributed by atoms with Gasteiger partial charge in [0.15, 0.2) is 0 Å². The van der Waals surface area contributed by atoms with Crippen LogP contribution in [0.1, 0.15) is 27.2 Å². The van der Waals surface area contributed by atoms with Crippen LogP contribution in [-0.2, 0) is 6.18 Å². The van der Waals surface area contributed by atoms with E-state index in [2.05, 4.69) is 26.4 Å². The summed E-state index contributed by atoms with van der Waals surface area (Å²) in [5, 5.41) is 6.05. The highest BCUT2D eigenvalue weighted by molar-refractivity contribution is 9.10. The molecule has 1 heterocycles. The second kappa shape index (κ2) is 5.51. The highest BCUT2D eigenvalue weighted by Crippen LogP contribution is 2.35. The molecule has 0 aliphatic heterocycles. The minimum absolute atomic E-state index is 0.119. The molecule has 2 rings (SSSR count). The van der Waals surface area contributed by atoms with Crippen LogP contribution in [0.3, 0.4) is 0 Å². The topological polar surface area (TPSA) is 55.1 Å². The van der Waals surface area contributed by atoms with Gasteiger partial charge >= 0.3 is 6.18 Å². The summed E-state index contributed by atoms with van der Waals surface area (Å²) >= 11 is 2.82. The van der Waals surface area contributed by atoms with Crippen LogP contribution in [0.15, 0.2) is 27.2 Å². The van der Waals surface area contributed by atoms with Gasteiger partial charge in [-0.1, -0.05) is 21.1 Å². The number of carbonyl (C=O) groups is 1. The molecule has 0 unspecified atom stereocenters. The summed E-state index contributed by atoms with van der Waals surface area (Å²) in [7, 11) is 0. The summed E-state index contributed by atoms with van der Waals surface area (Å²) in [6.07, 6.45) is -4.55. The second-order valence-corrected chi connectivity index (χ2v) is 5.22. The van der Waals surface area contributed by atoms with E-state index in [9.17, 15) is 18.0 Å². The Morgan fingerprint density at radius 1 is 1.33 bits per heavy atom. The van der Waals surface area contributed by atoms with Gasteiger partial charge in [-0.15, -0.1) is 0 Å². The van der Waals surface area contributed by atoms with E-state index in [1.807, 2.05) is 0 Å². The SMILES string of the molecule is Cc1noc(NC(=O)c2ccc(Br)c(C(F)(F)F)c2)c1C. The Bertz CT molecular complexity index is 695. The van der Waals surface area contributed by atoms with Crippen molar-refractivity contribution in [3.63, 3.8) is 0 Å². The van der Waals surface area contributed by atoms with Crippen molar-refractivity contribution in [1.29, 1.82) is 0 Å². The highest BCUT2D eigenvalue weighted by Gasteiger charge is 2.33. The number of anilines is 1. The molecule has 0 bridgehead atoms. The van der Waals surface area contributed by atoms with Crippen molar-refractivity contribution < 1.29 is 22.5 Å². The first kappa shape index (κ1) is 15.6. The number of amides is 1. The normalized spacial score (nSPS) is 11.5. The molecule has 1 N–H and O–H groups in total. The number of hydrogen-bond donors (Lipinski definition) is 1. The number of alkyl halides is 3. The fourth-order valence-electron chi connectivity index (χ4n) is 1.59. The van der Waals surface area contributed by atoms with Crippen LogP contribution in [0.25, 0.3) is 0 Å². The van der Waals surface area contributed by atoms with Gasteiger partial charge in [0.2, 0.25) is 5.88 Å². The van der Waals surface area contributed by atoms with Crippen molar-refractivity contribution in [3.8, 4) is 0 Å². The molecule has 0 atom stereocenters. The zero-order chi connectivity index (χ0) is 15.8. The van der Waals surface area contributed by atoms with Crippen molar-refractivity contribution in [2.45, 2.75) is 20.0 Å². The van der Waals surface area contributed by atoms with Gasteiger partial charge < -0.3 is 4.52 Å². The minimum atomic E-state index is -4.55. The van der Waals surface area contributed by atoms with Gasteiger partial charge in [-0.25, -0.2) is 0 Å². The van der Waals surface area contributed by atoms with Gasteiger partial charge in [-0.2, -0.15) is 13.2 Å². The Hall–Kier alpha value is -1.83. The maximum Gasteiger partial charge on any atom is 0.417 e. The van der Waals surface area contributed by atoms with Gasteiger partial charge in [0.1, 0.15) is 0 Å².